The molecule has 0 bridgehead atoms. The number of nitrogens with zero attached hydrogens (tertiary/aromatic N) is 1. The van der Waals surface area contributed by atoms with E-state index in [1.807, 2.05) is 0 Å². The highest BCUT2D eigenvalue weighted by molar-refractivity contribution is 5.78. The molecule has 96 valence electrons. The molecule has 0 aromatic rings. The SMILES string of the molecule is O=C(O)COCC(=O)N1CC2CCC(O)C2C1. The highest BCUT2D eigenvalue weighted by Gasteiger charge is 2.43. The maximum Gasteiger partial charge on any atom is 0.329 e. The quantitative estimate of drug-likeness (QED) is 0.683. The smallest absolute Gasteiger partial charge is 0.329 e. The van der Waals surface area contributed by atoms with Crippen molar-refractivity contribution < 1.29 is 24.5 Å². The lowest BCUT2D eigenvalue weighted by molar-refractivity contribution is -0.145. The molecule has 1 heterocycles. The molecule has 1 aliphatic heterocycles. The molecule has 3 unspecified atom stereocenters. The third-order valence-corrected chi connectivity index (χ3v) is 3.62. The van der Waals surface area contributed by atoms with Gasteiger partial charge in [-0.05, 0) is 18.8 Å². The Kier molecular flexibility index (Phi) is 3.63. The molecule has 17 heavy (non-hydrogen) atoms. The van der Waals surface area contributed by atoms with Crippen molar-refractivity contribution in [1.82, 2.24) is 4.90 Å². The van der Waals surface area contributed by atoms with Crippen LogP contribution >= 0.6 is 0 Å². The summed E-state index contributed by atoms with van der Waals surface area (Å²) < 4.78 is 4.76. The Balaban J connectivity index is 1.76. The summed E-state index contributed by atoms with van der Waals surface area (Å²) in [5.74, 6) is -0.675. The van der Waals surface area contributed by atoms with Gasteiger partial charge in [-0.2, -0.15) is 0 Å². The summed E-state index contributed by atoms with van der Waals surface area (Å²) in [6, 6.07) is 0. The average Bonchev–Trinajstić information content (AvgIpc) is 2.81. The van der Waals surface area contributed by atoms with Crippen LogP contribution in [0, 0.1) is 11.8 Å². The van der Waals surface area contributed by atoms with Crippen molar-refractivity contribution in [2.45, 2.75) is 18.9 Å². The number of carboxylic acid groups (broad SMARTS) is 1. The van der Waals surface area contributed by atoms with Crippen LogP contribution in [0.3, 0.4) is 0 Å². The Morgan fingerprint density at radius 2 is 2.00 bits per heavy atom. The molecule has 0 radical (unpaired) electrons. The van der Waals surface area contributed by atoms with Crippen molar-refractivity contribution in [3.63, 3.8) is 0 Å². The van der Waals surface area contributed by atoms with Crippen LogP contribution in [-0.2, 0) is 14.3 Å². The predicted molar refractivity (Wildman–Crippen MR) is 57.3 cm³/mol. The van der Waals surface area contributed by atoms with Crippen LogP contribution in [0.2, 0.25) is 0 Å². The lowest BCUT2D eigenvalue weighted by Gasteiger charge is -2.18. The van der Waals surface area contributed by atoms with Gasteiger partial charge < -0.3 is 19.8 Å². The highest BCUT2D eigenvalue weighted by atomic mass is 16.5. The van der Waals surface area contributed by atoms with Crippen molar-refractivity contribution in [1.29, 1.82) is 0 Å². The van der Waals surface area contributed by atoms with Crippen LogP contribution in [0.5, 0.6) is 0 Å². The Morgan fingerprint density at radius 1 is 1.24 bits per heavy atom. The van der Waals surface area contributed by atoms with Crippen molar-refractivity contribution in [3.05, 3.63) is 0 Å². The zero-order valence-corrected chi connectivity index (χ0v) is 9.54. The van der Waals surface area contributed by atoms with E-state index in [2.05, 4.69) is 0 Å². The number of hydrogen-bond donors (Lipinski definition) is 2. The molecular formula is C11H17NO5. The summed E-state index contributed by atoms with van der Waals surface area (Å²) in [4.78, 5) is 23.6. The van der Waals surface area contributed by atoms with Crippen LogP contribution < -0.4 is 0 Å². The first-order chi connectivity index (χ1) is 8.08. The Morgan fingerprint density at radius 3 is 2.65 bits per heavy atom. The van der Waals surface area contributed by atoms with Gasteiger partial charge in [-0.3, -0.25) is 4.79 Å². The van der Waals surface area contributed by atoms with Gasteiger partial charge in [0.25, 0.3) is 0 Å². The maximum absolute atomic E-state index is 11.7. The number of ether oxygens (including phenoxy) is 1. The van der Waals surface area contributed by atoms with Crippen LogP contribution in [-0.4, -0.2) is 59.4 Å². The van der Waals surface area contributed by atoms with E-state index in [0.29, 0.717) is 19.0 Å². The summed E-state index contributed by atoms with van der Waals surface area (Å²) >= 11 is 0. The second-order valence-electron chi connectivity index (χ2n) is 4.75. The molecule has 3 atom stereocenters. The van der Waals surface area contributed by atoms with Crippen LogP contribution in [0.1, 0.15) is 12.8 Å². The number of carbonyl (C=O) groups is 2. The van der Waals surface area contributed by atoms with Crippen LogP contribution in [0.4, 0.5) is 0 Å². The number of aliphatic hydroxyl groups is 1. The number of hydrogen-bond acceptors (Lipinski definition) is 4. The van der Waals surface area contributed by atoms with E-state index >= 15 is 0 Å². The second kappa shape index (κ2) is 5.01. The fourth-order valence-corrected chi connectivity index (χ4v) is 2.76. The van der Waals surface area contributed by atoms with Gasteiger partial charge in [0.15, 0.2) is 0 Å². The minimum Gasteiger partial charge on any atom is -0.480 e. The van der Waals surface area contributed by atoms with E-state index in [4.69, 9.17) is 9.84 Å². The molecule has 2 rings (SSSR count). The minimum atomic E-state index is -1.08. The van der Waals surface area contributed by atoms with Gasteiger partial charge in [-0.1, -0.05) is 0 Å². The number of aliphatic hydroxyl groups excluding tert-OH is 1. The predicted octanol–water partition coefficient (Wildman–Crippen LogP) is -0.683. The van der Waals surface area contributed by atoms with Gasteiger partial charge in [-0.25, -0.2) is 4.79 Å². The molecule has 6 heteroatoms. The molecule has 2 fully saturated rings. The normalized spacial score (nSPS) is 31.6. The van der Waals surface area contributed by atoms with Gasteiger partial charge in [-0.15, -0.1) is 0 Å². The third-order valence-electron chi connectivity index (χ3n) is 3.62. The first-order valence-electron chi connectivity index (χ1n) is 5.83. The topological polar surface area (TPSA) is 87.1 Å². The van der Waals surface area contributed by atoms with Gasteiger partial charge in [0.1, 0.15) is 13.2 Å². The van der Waals surface area contributed by atoms with Crippen LogP contribution in [0.15, 0.2) is 0 Å². The standard InChI is InChI=1S/C11H17NO5/c13-9-2-1-7-3-12(4-8(7)9)10(14)5-17-6-11(15)16/h7-9,13H,1-6H2,(H,15,16). The summed E-state index contributed by atoms with van der Waals surface area (Å²) in [7, 11) is 0. The number of fused-ring (bicyclic) bond motifs is 1. The van der Waals surface area contributed by atoms with Crippen molar-refractivity contribution in [2.75, 3.05) is 26.3 Å². The first kappa shape index (κ1) is 12.3. The molecule has 2 aliphatic rings. The average molecular weight is 243 g/mol. The van der Waals surface area contributed by atoms with Gasteiger partial charge >= 0.3 is 5.97 Å². The molecular weight excluding hydrogens is 226 g/mol. The number of likely N-dealkylation sites (tertiary alicyclic amines) is 1. The first-order valence-corrected chi connectivity index (χ1v) is 5.83. The molecule has 6 nitrogen and oxygen atoms in total. The molecule has 1 saturated heterocycles. The Hall–Kier alpha value is -1.14. The summed E-state index contributed by atoms with van der Waals surface area (Å²) in [6.45, 7) is 0.592. The van der Waals surface area contributed by atoms with E-state index < -0.39 is 12.6 Å². The lowest BCUT2D eigenvalue weighted by Crippen LogP contribution is -2.34. The van der Waals surface area contributed by atoms with E-state index in [9.17, 15) is 14.7 Å². The second-order valence-corrected chi connectivity index (χ2v) is 4.75. The van der Waals surface area contributed by atoms with Gasteiger partial charge in [0.2, 0.25) is 5.91 Å². The molecule has 0 spiro atoms. The fraction of sp³-hybridized carbons (Fsp3) is 0.818. The number of carbonyl (C=O) groups excluding carboxylic acids is 1. The number of carboxylic acids is 1. The fourth-order valence-electron chi connectivity index (χ4n) is 2.76. The molecule has 1 aliphatic carbocycles. The largest absolute Gasteiger partial charge is 0.480 e. The third kappa shape index (κ3) is 2.76. The highest BCUT2D eigenvalue weighted by Crippen LogP contribution is 2.37. The van der Waals surface area contributed by atoms with E-state index in [0.717, 1.165) is 12.8 Å². The van der Waals surface area contributed by atoms with Crippen molar-refractivity contribution in [3.8, 4) is 0 Å². The van der Waals surface area contributed by atoms with Crippen molar-refractivity contribution in [2.24, 2.45) is 11.8 Å². The minimum absolute atomic E-state index is 0.187. The van der Waals surface area contributed by atoms with E-state index in [-0.39, 0.29) is 24.5 Å². The number of aliphatic carboxylic acids is 1. The molecule has 0 aromatic heterocycles. The molecule has 0 aromatic carbocycles. The summed E-state index contributed by atoms with van der Waals surface area (Å²) in [5.41, 5.74) is 0. The van der Waals surface area contributed by atoms with E-state index in [1.165, 1.54) is 0 Å². The summed E-state index contributed by atoms with van der Waals surface area (Å²) in [6.07, 6.45) is 1.50. The Bertz CT molecular complexity index is 319. The Labute approximate surface area is 99.2 Å². The molecule has 2 N–H and O–H groups in total. The van der Waals surface area contributed by atoms with Gasteiger partial charge in [0.05, 0.1) is 6.10 Å². The number of amides is 1. The van der Waals surface area contributed by atoms with Gasteiger partial charge in [0, 0.05) is 19.0 Å². The van der Waals surface area contributed by atoms with Crippen LogP contribution in [0.25, 0.3) is 0 Å². The monoisotopic (exact) mass is 243 g/mol. The van der Waals surface area contributed by atoms with E-state index in [1.54, 1.807) is 4.90 Å². The maximum atomic E-state index is 11.7. The summed E-state index contributed by atoms with van der Waals surface area (Å²) in [5, 5.41) is 18.1. The zero-order valence-electron chi connectivity index (χ0n) is 9.54. The molecule has 1 amide bonds. The number of rotatable bonds is 4. The lowest BCUT2D eigenvalue weighted by atomic mass is 10.00. The zero-order chi connectivity index (χ0) is 12.4. The molecule has 1 saturated carbocycles. The van der Waals surface area contributed by atoms with Crippen molar-refractivity contribution >= 4 is 11.9 Å².